The van der Waals surface area contributed by atoms with Crippen LogP contribution in [0, 0.1) is 0 Å². The first-order valence-electron chi connectivity index (χ1n) is 19.5. The molecule has 8 aromatic carbocycles. The number of anilines is 3. The maximum atomic E-state index is 4.24. The van der Waals surface area contributed by atoms with E-state index in [0.717, 1.165) is 22.5 Å². The summed E-state index contributed by atoms with van der Waals surface area (Å²) in [5.41, 5.74) is 15.0. The Morgan fingerprint density at radius 1 is 0.456 bits per heavy atom. The van der Waals surface area contributed by atoms with E-state index in [9.17, 15) is 0 Å². The van der Waals surface area contributed by atoms with Crippen LogP contribution in [0.1, 0.15) is 27.8 Å². The lowest BCUT2D eigenvalue weighted by molar-refractivity contribution is 0.738. The van der Waals surface area contributed by atoms with E-state index in [1.165, 1.54) is 66.1 Å². The Morgan fingerprint density at radius 3 is 1.61 bits per heavy atom. The van der Waals surface area contributed by atoms with E-state index < -0.39 is 13.3 Å². The van der Waals surface area contributed by atoms with Crippen LogP contribution in [0.15, 0.2) is 232 Å². The van der Waals surface area contributed by atoms with Gasteiger partial charge in [-0.3, -0.25) is 0 Å². The fourth-order valence-corrected chi connectivity index (χ4v) is 12.1. The monoisotopic (exact) mass is 745 g/mol. The van der Waals surface area contributed by atoms with Gasteiger partial charge in [0.05, 0.1) is 16.8 Å². The van der Waals surface area contributed by atoms with Gasteiger partial charge in [-0.15, -0.1) is 0 Å². The van der Waals surface area contributed by atoms with Gasteiger partial charge < -0.3 is 4.90 Å². The largest absolute Gasteiger partial charge is 0.310 e. The fraction of sp³-hybridized carbons (Fsp3) is 0.0182. The summed E-state index contributed by atoms with van der Waals surface area (Å²) in [6.07, 6.45) is 5.85. The number of rotatable bonds is 7. The minimum atomic E-state index is -0.962. The van der Waals surface area contributed by atoms with Crippen LogP contribution in [-0.4, -0.2) is 0 Å². The molecule has 2 aliphatic rings. The molecule has 0 saturated carbocycles. The molecule has 0 radical (unpaired) electrons. The molecule has 0 fully saturated rings. The van der Waals surface area contributed by atoms with Gasteiger partial charge in [0.1, 0.15) is 0 Å². The minimum absolute atomic E-state index is 0.662. The van der Waals surface area contributed by atoms with Crippen LogP contribution in [0.4, 0.5) is 17.1 Å². The molecule has 0 aromatic heterocycles. The third kappa shape index (κ3) is 5.50. The SMILES string of the molecule is C=C/C=C(\C=C)c1ccc2c(c1)C1(c3cc(-c4ccccc4)ccc3N2c2ccccc2)c2ccccc2P(c2ccccc2-c2ccccc2)c2ccccc21. The smallest absolute Gasteiger partial charge is 0.0755 e. The Hall–Kier alpha value is -6.79. The average molecular weight is 746 g/mol. The molecule has 0 N–H and O–H groups in total. The van der Waals surface area contributed by atoms with Gasteiger partial charge in [0.15, 0.2) is 0 Å². The number of hydrogen-bond donors (Lipinski definition) is 0. The van der Waals surface area contributed by atoms with Gasteiger partial charge >= 0.3 is 0 Å². The Morgan fingerprint density at radius 2 is 0.982 bits per heavy atom. The van der Waals surface area contributed by atoms with Crippen molar-refractivity contribution in [3.8, 4) is 22.3 Å². The van der Waals surface area contributed by atoms with E-state index in [1.54, 1.807) is 0 Å². The van der Waals surface area contributed by atoms with Crippen LogP contribution < -0.4 is 20.8 Å². The first-order chi connectivity index (χ1) is 28.2. The van der Waals surface area contributed by atoms with E-state index in [-0.39, 0.29) is 0 Å². The number of hydrogen-bond acceptors (Lipinski definition) is 1. The summed E-state index contributed by atoms with van der Waals surface area (Å²) in [4.78, 5) is 2.46. The van der Waals surface area contributed by atoms with Gasteiger partial charge in [0, 0.05) is 5.69 Å². The molecule has 10 rings (SSSR count). The maximum Gasteiger partial charge on any atom is 0.0755 e. The second-order valence-corrected chi connectivity index (χ2v) is 16.7. The Labute approximate surface area is 337 Å². The zero-order valence-electron chi connectivity index (χ0n) is 31.6. The third-order valence-electron chi connectivity index (χ3n) is 11.6. The molecule has 0 unspecified atom stereocenters. The molecule has 1 spiro atoms. The fourth-order valence-electron chi connectivity index (χ4n) is 9.21. The van der Waals surface area contributed by atoms with Crippen molar-refractivity contribution in [3.63, 3.8) is 0 Å². The summed E-state index contributed by atoms with van der Waals surface area (Å²) >= 11 is 0. The highest BCUT2D eigenvalue weighted by atomic mass is 31.1. The van der Waals surface area contributed by atoms with Gasteiger partial charge in [0.25, 0.3) is 0 Å². The van der Waals surface area contributed by atoms with Crippen molar-refractivity contribution in [3.05, 3.63) is 259 Å². The molecule has 0 bridgehead atoms. The van der Waals surface area contributed by atoms with Crippen LogP contribution in [0.2, 0.25) is 0 Å². The maximum absolute atomic E-state index is 4.24. The summed E-state index contributed by atoms with van der Waals surface area (Å²) in [6.45, 7) is 8.30. The Bertz CT molecular complexity index is 2790. The Balaban J connectivity index is 1.36. The number of para-hydroxylation sites is 1. The van der Waals surface area contributed by atoms with Crippen molar-refractivity contribution >= 4 is 46.5 Å². The summed E-state index contributed by atoms with van der Waals surface area (Å²) < 4.78 is 0. The van der Waals surface area contributed by atoms with E-state index in [2.05, 4.69) is 224 Å². The summed E-state index contributed by atoms with van der Waals surface area (Å²) in [7, 11) is -0.962. The molecule has 2 heterocycles. The number of nitrogens with zero attached hydrogens (tertiary/aromatic N) is 1. The van der Waals surface area contributed by atoms with E-state index >= 15 is 0 Å². The van der Waals surface area contributed by atoms with Crippen LogP contribution in [0.3, 0.4) is 0 Å². The molecule has 0 saturated heterocycles. The molecule has 57 heavy (non-hydrogen) atoms. The standard InChI is InChI=1S/C55H40NP/c1-3-20-39(4-2)42-33-35-50-48(37-42)55(49-38-43(40-21-8-5-9-22-40)34-36-51(49)56(50)44-25-12-7-13-26-44)46-28-15-18-31-53(46)57(54-32-19-16-29-47(54)55)52-30-17-14-27-45(52)41-23-10-6-11-24-41/h3-38H,1-2H2/b39-20+. The van der Waals surface area contributed by atoms with Crippen LogP contribution in [0.25, 0.3) is 27.8 Å². The molecular weight excluding hydrogens is 706 g/mol. The Kier molecular flexibility index (Phi) is 8.74. The second-order valence-electron chi connectivity index (χ2n) is 14.6. The van der Waals surface area contributed by atoms with Crippen LogP contribution >= 0.6 is 7.92 Å². The van der Waals surface area contributed by atoms with Crippen LogP contribution in [0.5, 0.6) is 0 Å². The quantitative estimate of drug-likeness (QED) is 0.116. The molecule has 2 aliphatic heterocycles. The van der Waals surface area contributed by atoms with Crippen LogP contribution in [-0.2, 0) is 5.41 Å². The van der Waals surface area contributed by atoms with Gasteiger partial charge in [-0.2, -0.15) is 0 Å². The topological polar surface area (TPSA) is 3.24 Å². The highest BCUT2D eigenvalue weighted by Crippen LogP contribution is 2.62. The lowest BCUT2D eigenvalue weighted by atomic mass is 9.61. The molecule has 0 amide bonds. The predicted molar refractivity (Wildman–Crippen MR) is 244 cm³/mol. The molecule has 8 aromatic rings. The lowest BCUT2D eigenvalue weighted by Gasteiger charge is -2.51. The molecule has 0 aliphatic carbocycles. The zero-order valence-corrected chi connectivity index (χ0v) is 32.5. The van der Waals surface area contributed by atoms with Crippen molar-refractivity contribution in [2.24, 2.45) is 0 Å². The molecule has 0 atom stereocenters. The number of fused-ring (bicyclic) bond motifs is 8. The van der Waals surface area contributed by atoms with E-state index in [1.807, 2.05) is 12.2 Å². The van der Waals surface area contributed by atoms with Crippen molar-refractivity contribution in [1.82, 2.24) is 0 Å². The predicted octanol–water partition coefficient (Wildman–Crippen LogP) is 13.0. The first kappa shape index (κ1) is 34.7. The average Bonchev–Trinajstić information content (AvgIpc) is 3.29. The van der Waals surface area contributed by atoms with E-state index in [0.29, 0.717) is 0 Å². The summed E-state index contributed by atoms with van der Waals surface area (Å²) in [6, 6.07) is 74.2. The normalized spacial score (nSPS) is 16.5. The van der Waals surface area contributed by atoms with Crippen molar-refractivity contribution in [2.75, 3.05) is 4.90 Å². The number of benzene rings is 8. The summed E-state index contributed by atoms with van der Waals surface area (Å²) in [5.74, 6) is 0. The molecule has 270 valence electrons. The second kappa shape index (κ2) is 14.4. The minimum Gasteiger partial charge on any atom is -0.310 e. The highest BCUT2D eigenvalue weighted by Gasteiger charge is 2.52. The number of allylic oxidation sites excluding steroid dienone is 4. The molecule has 2 heteroatoms. The van der Waals surface area contributed by atoms with Crippen molar-refractivity contribution in [1.29, 1.82) is 0 Å². The third-order valence-corrected chi connectivity index (χ3v) is 14.2. The van der Waals surface area contributed by atoms with Gasteiger partial charge in [-0.25, -0.2) is 0 Å². The van der Waals surface area contributed by atoms with Gasteiger partial charge in [0.2, 0.25) is 0 Å². The van der Waals surface area contributed by atoms with Crippen molar-refractivity contribution in [2.45, 2.75) is 5.41 Å². The zero-order chi connectivity index (χ0) is 38.3. The highest BCUT2D eigenvalue weighted by molar-refractivity contribution is 7.80. The lowest BCUT2D eigenvalue weighted by Crippen LogP contribution is -2.48. The summed E-state index contributed by atoms with van der Waals surface area (Å²) in [5, 5.41) is 4.12. The molecule has 1 nitrogen and oxygen atoms in total. The van der Waals surface area contributed by atoms with Crippen molar-refractivity contribution < 1.29 is 0 Å². The van der Waals surface area contributed by atoms with Gasteiger partial charge in [-0.05, 0) is 116 Å². The molecular formula is C55H40NP. The van der Waals surface area contributed by atoms with E-state index in [4.69, 9.17) is 0 Å². The van der Waals surface area contributed by atoms with Gasteiger partial charge in [-0.1, -0.05) is 195 Å². The first-order valence-corrected chi connectivity index (χ1v) is 20.9.